The van der Waals surface area contributed by atoms with Crippen LogP contribution in [-0.2, 0) is 28.6 Å². The van der Waals surface area contributed by atoms with Gasteiger partial charge in [-0.3, -0.25) is 14.4 Å². The number of ether oxygens (including phenoxy) is 3. The van der Waals surface area contributed by atoms with Crippen molar-refractivity contribution in [3.05, 3.63) is 60.8 Å². The van der Waals surface area contributed by atoms with E-state index in [0.29, 0.717) is 19.3 Å². The van der Waals surface area contributed by atoms with E-state index in [1.165, 1.54) is 257 Å². The Morgan fingerprint density at radius 2 is 0.470 bits per heavy atom. The van der Waals surface area contributed by atoms with E-state index in [9.17, 15) is 14.4 Å². The van der Waals surface area contributed by atoms with Gasteiger partial charge in [-0.05, 0) is 83.5 Å². The summed E-state index contributed by atoms with van der Waals surface area (Å²) in [4.78, 5) is 38.5. The molecule has 0 aliphatic carbocycles. The molecule has 0 aromatic carbocycles. The highest BCUT2D eigenvalue weighted by Gasteiger charge is 2.19. The Kier molecular flexibility index (Phi) is 69.1. The van der Waals surface area contributed by atoms with Crippen LogP contribution in [0.2, 0.25) is 0 Å². The van der Waals surface area contributed by atoms with Gasteiger partial charge < -0.3 is 14.2 Å². The van der Waals surface area contributed by atoms with Crippen molar-refractivity contribution < 1.29 is 28.6 Å². The zero-order chi connectivity index (χ0) is 59.9. The number of carbonyl (C=O) groups excluding carboxylic acids is 3. The molecule has 0 aromatic rings. The first-order valence-electron chi connectivity index (χ1n) is 36.8. The molecule has 6 nitrogen and oxygen atoms in total. The highest BCUT2D eigenvalue weighted by Crippen LogP contribution is 2.19. The van der Waals surface area contributed by atoms with E-state index in [0.717, 1.165) is 96.3 Å². The maximum absolute atomic E-state index is 13.0. The van der Waals surface area contributed by atoms with E-state index < -0.39 is 6.10 Å². The molecular formula is C77H140O6. The van der Waals surface area contributed by atoms with Gasteiger partial charge in [-0.15, -0.1) is 0 Å². The van der Waals surface area contributed by atoms with Crippen LogP contribution in [0.1, 0.15) is 393 Å². The molecule has 0 amide bonds. The molecule has 484 valence electrons. The molecule has 0 N–H and O–H groups in total. The third-order valence-corrected chi connectivity index (χ3v) is 16.5. The fourth-order valence-electron chi connectivity index (χ4n) is 11.0. The predicted molar refractivity (Wildman–Crippen MR) is 362 cm³/mol. The second kappa shape index (κ2) is 71.6. The van der Waals surface area contributed by atoms with Gasteiger partial charge in [0.25, 0.3) is 0 Å². The van der Waals surface area contributed by atoms with Gasteiger partial charge in [-0.2, -0.15) is 0 Å². The van der Waals surface area contributed by atoms with Crippen LogP contribution in [0.25, 0.3) is 0 Å². The zero-order valence-corrected chi connectivity index (χ0v) is 55.7. The number of hydrogen-bond acceptors (Lipinski definition) is 6. The van der Waals surface area contributed by atoms with Crippen LogP contribution in [-0.4, -0.2) is 37.2 Å². The van der Waals surface area contributed by atoms with E-state index in [2.05, 4.69) is 81.5 Å². The SMILES string of the molecule is CC/C=C\C/C=C\C/C=C\C/C=C\CCCCCCC(=O)OCC(COC(=O)CCCCCCCCCCCCCCCCCCCCCCCCCCCCCCCC)OC(=O)CCCCCCCCC/C=C\CCCCCCCCC. The summed E-state index contributed by atoms with van der Waals surface area (Å²) in [5.74, 6) is -0.885. The topological polar surface area (TPSA) is 78.9 Å². The molecule has 83 heavy (non-hydrogen) atoms. The number of rotatable bonds is 68. The fourth-order valence-corrected chi connectivity index (χ4v) is 11.0. The first-order chi connectivity index (χ1) is 41.0. The lowest BCUT2D eigenvalue weighted by Crippen LogP contribution is -2.30. The van der Waals surface area contributed by atoms with Crippen molar-refractivity contribution in [3.8, 4) is 0 Å². The third kappa shape index (κ3) is 69.8. The number of carbonyl (C=O) groups is 3. The Bertz CT molecular complexity index is 1470. The van der Waals surface area contributed by atoms with Crippen molar-refractivity contribution in [2.24, 2.45) is 0 Å². The van der Waals surface area contributed by atoms with Crippen LogP contribution in [0.3, 0.4) is 0 Å². The average Bonchev–Trinajstić information content (AvgIpc) is 3.49. The number of unbranched alkanes of at least 4 members (excludes halogenated alkanes) is 47. The van der Waals surface area contributed by atoms with Gasteiger partial charge in [0, 0.05) is 19.3 Å². The molecule has 0 heterocycles. The van der Waals surface area contributed by atoms with Crippen LogP contribution < -0.4 is 0 Å². The molecule has 0 aliphatic rings. The minimum atomic E-state index is -0.788. The molecule has 0 radical (unpaired) electrons. The molecular weight excluding hydrogens is 1020 g/mol. The van der Waals surface area contributed by atoms with Crippen LogP contribution >= 0.6 is 0 Å². The summed E-state index contributed by atoms with van der Waals surface area (Å²) in [6.07, 6.45) is 92.7. The smallest absolute Gasteiger partial charge is 0.306 e. The van der Waals surface area contributed by atoms with E-state index in [1.807, 2.05) is 0 Å². The van der Waals surface area contributed by atoms with Crippen LogP contribution in [0.15, 0.2) is 60.8 Å². The highest BCUT2D eigenvalue weighted by atomic mass is 16.6. The second-order valence-corrected chi connectivity index (χ2v) is 24.8. The second-order valence-electron chi connectivity index (χ2n) is 24.8. The normalized spacial score (nSPS) is 12.4. The Balaban J connectivity index is 4.24. The van der Waals surface area contributed by atoms with E-state index in [-0.39, 0.29) is 31.1 Å². The van der Waals surface area contributed by atoms with E-state index >= 15 is 0 Å². The summed E-state index contributed by atoms with van der Waals surface area (Å²) in [6.45, 7) is 6.57. The maximum atomic E-state index is 13.0. The first-order valence-corrected chi connectivity index (χ1v) is 36.8. The van der Waals surface area contributed by atoms with E-state index in [4.69, 9.17) is 14.2 Å². The van der Waals surface area contributed by atoms with Crippen molar-refractivity contribution in [3.63, 3.8) is 0 Å². The number of esters is 3. The van der Waals surface area contributed by atoms with Gasteiger partial charge in [0.2, 0.25) is 0 Å². The molecule has 0 aromatic heterocycles. The minimum absolute atomic E-state index is 0.0803. The molecule has 6 heteroatoms. The van der Waals surface area contributed by atoms with Crippen LogP contribution in [0.5, 0.6) is 0 Å². The molecule has 0 fully saturated rings. The molecule has 1 unspecified atom stereocenters. The molecule has 0 rings (SSSR count). The van der Waals surface area contributed by atoms with Crippen molar-refractivity contribution >= 4 is 17.9 Å². The van der Waals surface area contributed by atoms with Gasteiger partial charge in [0.1, 0.15) is 13.2 Å². The maximum Gasteiger partial charge on any atom is 0.306 e. The van der Waals surface area contributed by atoms with Gasteiger partial charge in [0.15, 0.2) is 6.10 Å². The van der Waals surface area contributed by atoms with Crippen molar-refractivity contribution in [1.82, 2.24) is 0 Å². The molecule has 1 atom stereocenters. The lowest BCUT2D eigenvalue weighted by Gasteiger charge is -2.18. The molecule has 0 aliphatic heterocycles. The van der Waals surface area contributed by atoms with Crippen molar-refractivity contribution in [1.29, 1.82) is 0 Å². The molecule has 0 spiro atoms. The summed E-state index contributed by atoms with van der Waals surface area (Å²) in [5, 5.41) is 0. The third-order valence-electron chi connectivity index (χ3n) is 16.5. The van der Waals surface area contributed by atoms with Crippen molar-refractivity contribution in [2.75, 3.05) is 13.2 Å². The summed E-state index contributed by atoms with van der Waals surface area (Å²) in [5.41, 5.74) is 0. The lowest BCUT2D eigenvalue weighted by atomic mass is 10.0. The number of allylic oxidation sites excluding steroid dienone is 10. The molecule has 0 saturated carbocycles. The fraction of sp³-hybridized carbons (Fsp3) is 0.831. The Morgan fingerprint density at radius 1 is 0.253 bits per heavy atom. The summed E-state index contributed by atoms with van der Waals surface area (Å²) < 4.78 is 17.0. The van der Waals surface area contributed by atoms with Gasteiger partial charge in [-0.25, -0.2) is 0 Å². The lowest BCUT2D eigenvalue weighted by molar-refractivity contribution is -0.167. The largest absolute Gasteiger partial charge is 0.462 e. The molecule has 0 saturated heterocycles. The van der Waals surface area contributed by atoms with Gasteiger partial charge in [0.05, 0.1) is 0 Å². The van der Waals surface area contributed by atoms with Crippen LogP contribution in [0, 0.1) is 0 Å². The standard InChI is InChI=1S/C77H140O6/c1-4-7-10-13-16-19-22-25-28-31-33-34-35-36-37-38-39-40-41-42-43-44-47-49-52-55-58-61-64-67-70-76(79)82-73-74(72-81-75(78)69-66-63-60-57-54-51-48-45-30-27-24-21-18-15-12-9-6-3)83-77(80)71-68-65-62-59-56-53-50-46-32-29-26-23-20-17-14-11-8-5-2/h9,12,18,21,27,29-30,32,48,51,74H,4-8,10-11,13-17,19-20,22-26,28,31,33-47,49-50,52-73H2,1-3H3/b12-9-,21-18-,30-27-,32-29-,51-48-. The summed E-state index contributed by atoms with van der Waals surface area (Å²) in [6, 6.07) is 0. The zero-order valence-electron chi connectivity index (χ0n) is 55.7. The molecule has 0 bridgehead atoms. The summed E-state index contributed by atoms with van der Waals surface area (Å²) >= 11 is 0. The average molecular weight is 1160 g/mol. The minimum Gasteiger partial charge on any atom is -0.462 e. The Labute approximate surface area is 517 Å². The summed E-state index contributed by atoms with van der Waals surface area (Å²) in [7, 11) is 0. The monoisotopic (exact) mass is 1160 g/mol. The highest BCUT2D eigenvalue weighted by molar-refractivity contribution is 5.71. The van der Waals surface area contributed by atoms with Gasteiger partial charge >= 0.3 is 17.9 Å². The predicted octanol–water partition coefficient (Wildman–Crippen LogP) is 25.5. The quantitative estimate of drug-likeness (QED) is 0.0261. The Morgan fingerprint density at radius 3 is 0.747 bits per heavy atom. The van der Waals surface area contributed by atoms with Gasteiger partial charge in [-0.1, -0.05) is 351 Å². The first kappa shape index (κ1) is 80.1. The Hall–Kier alpha value is -2.89. The number of hydrogen-bond donors (Lipinski definition) is 0. The van der Waals surface area contributed by atoms with E-state index in [1.54, 1.807) is 0 Å². The van der Waals surface area contributed by atoms with Crippen molar-refractivity contribution in [2.45, 2.75) is 399 Å². The van der Waals surface area contributed by atoms with Crippen LogP contribution in [0.4, 0.5) is 0 Å².